The number of Topliss-reactive ketones (excluding diaryl/α,β-unsaturated/α-hetero) is 1. The SMILES string of the molecule is CC1CCC(C(=O)Cc2cccc(F)c2F)C1. The fourth-order valence-electron chi connectivity index (χ4n) is 2.52. The van der Waals surface area contributed by atoms with E-state index < -0.39 is 11.6 Å². The Morgan fingerprint density at radius 2 is 2.12 bits per heavy atom. The first-order valence-electron chi connectivity index (χ1n) is 6.03. The zero-order valence-electron chi connectivity index (χ0n) is 9.88. The van der Waals surface area contributed by atoms with Crippen molar-refractivity contribution in [3.63, 3.8) is 0 Å². The van der Waals surface area contributed by atoms with Crippen molar-refractivity contribution in [2.45, 2.75) is 32.6 Å². The number of carbonyl (C=O) groups is 1. The van der Waals surface area contributed by atoms with E-state index in [0.29, 0.717) is 5.92 Å². The highest BCUT2D eigenvalue weighted by atomic mass is 19.2. The molecule has 0 radical (unpaired) electrons. The molecule has 1 nitrogen and oxygen atoms in total. The molecule has 2 rings (SSSR count). The topological polar surface area (TPSA) is 17.1 Å². The number of ketones is 1. The summed E-state index contributed by atoms with van der Waals surface area (Å²) in [4.78, 5) is 11.9. The molecule has 0 heterocycles. The lowest BCUT2D eigenvalue weighted by molar-refractivity contribution is -0.122. The first-order chi connectivity index (χ1) is 8.08. The van der Waals surface area contributed by atoms with E-state index in [1.807, 2.05) is 0 Å². The fraction of sp³-hybridized carbons (Fsp3) is 0.500. The van der Waals surface area contributed by atoms with Crippen LogP contribution < -0.4 is 0 Å². The van der Waals surface area contributed by atoms with E-state index in [9.17, 15) is 13.6 Å². The lowest BCUT2D eigenvalue weighted by Gasteiger charge is -2.09. The van der Waals surface area contributed by atoms with Crippen molar-refractivity contribution in [3.8, 4) is 0 Å². The molecule has 2 unspecified atom stereocenters. The zero-order chi connectivity index (χ0) is 12.4. The molecular weight excluding hydrogens is 222 g/mol. The Kier molecular flexibility index (Phi) is 3.55. The van der Waals surface area contributed by atoms with Crippen LogP contribution in [-0.2, 0) is 11.2 Å². The van der Waals surface area contributed by atoms with Gasteiger partial charge in [0, 0.05) is 12.3 Å². The Balaban J connectivity index is 2.06. The maximum Gasteiger partial charge on any atom is 0.162 e. The van der Waals surface area contributed by atoms with E-state index in [4.69, 9.17) is 0 Å². The molecule has 1 aromatic rings. The van der Waals surface area contributed by atoms with E-state index in [1.165, 1.54) is 12.1 Å². The highest BCUT2D eigenvalue weighted by Crippen LogP contribution is 2.31. The zero-order valence-corrected chi connectivity index (χ0v) is 9.88. The summed E-state index contributed by atoms with van der Waals surface area (Å²) in [5, 5.41) is 0. The van der Waals surface area contributed by atoms with Crippen LogP contribution in [0.1, 0.15) is 31.7 Å². The second-order valence-corrected chi connectivity index (χ2v) is 4.97. The third kappa shape index (κ3) is 2.71. The average Bonchev–Trinajstić information content (AvgIpc) is 2.72. The molecule has 3 heteroatoms. The van der Waals surface area contributed by atoms with Crippen LogP contribution in [-0.4, -0.2) is 5.78 Å². The number of carbonyl (C=O) groups excluding carboxylic acids is 1. The molecule has 1 saturated carbocycles. The Morgan fingerprint density at radius 3 is 2.76 bits per heavy atom. The molecule has 0 amide bonds. The fourth-order valence-corrected chi connectivity index (χ4v) is 2.52. The van der Waals surface area contributed by atoms with Gasteiger partial charge in [-0.25, -0.2) is 8.78 Å². The van der Waals surface area contributed by atoms with Gasteiger partial charge in [0.15, 0.2) is 11.6 Å². The summed E-state index contributed by atoms with van der Waals surface area (Å²) in [6.07, 6.45) is 2.84. The number of benzene rings is 1. The summed E-state index contributed by atoms with van der Waals surface area (Å²) >= 11 is 0. The maximum absolute atomic E-state index is 13.4. The summed E-state index contributed by atoms with van der Waals surface area (Å²) in [6.45, 7) is 2.12. The van der Waals surface area contributed by atoms with Crippen molar-refractivity contribution < 1.29 is 13.6 Å². The first kappa shape index (κ1) is 12.2. The summed E-state index contributed by atoms with van der Waals surface area (Å²) in [6, 6.07) is 3.99. The van der Waals surface area contributed by atoms with E-state index in [-0.39, 0.29) is 23.7 Å². The Labute approximate surface area is 99.8 Å². The molecule has 2 atom stereocenters. The van der Waals surface area contributed by atoms with Gasteiger partial charge in [0.2, 0.25) is 0 Å². The summed E-state index contributed by atoms with van der Waals surface area (Å²) in [5.41, 5.74) is 0.176. The van der Waals surface area contributed by atoms with Gasteiger partial charge in [0.25, 0.3) is 0 Å². The third-order valence-corrected chi connectivity index (χ3v) is 3.55. The molecule has 0 bridgehead atoms. The molecule has 0 aliphatic heterocycles. The molecule has 0 saturated heterocycles. The van der Waals surface area contributed by atoms with Crippen molar-refractivity contribution in [2.24, 2.45) is 11.8 Å². The lowest BCUT2D eigenvalue weighted by atomic mass is 9.95. The Hall–Kier alpha value is -1.25. The average molecular weight is 238 g/mol. The van der Waals surface area contributed by atoms with E-state index in [2.05, 4.69) is 6.92 Å². The van der Waals surface area contributed by atoms with Crippen LogP contribution in [0.4, 0.5) is 8.78 Å². The minimum absolute atomic E-state index is 0.0149. The molecule has 17 heavy (non-hydrogen) atoms. The van der Waals surface area contributed by atoms with Crippen molar-refractivity contribution in [2.75, 3.05) is 0 Å². The van der Waals surface area contributed by atoms with Crippen molar-refractivity contribution >= 4 is 5.78 Å². The van der Waals surface area contributed by atoms with Crippen molar-refractivity contribution in [1.29, 1.82) is 0 Å². The molecule has 0 aromatic heterocycles. The molecule has 0 N–H and O–H groups in total. The van der Waals surface area contributed by atoms with Gasteiger partial charge < -0.3 is 0 Å². The second kappa shape index (κ2) is 4.94. The van der Waals surface area contributed by atoms with Gasteiger partial charge in [-0.3, -0.25) is 4.79 Å². The molecule has 1 fully saturated rings. The van der Waals surface area contributed by atoms with Gasteiger partial charge in [-0.2, -0.15) is 0 Å². The first-order valence-corrected chi connectivity index (χ1v) is 6.03. The maximum atomic E-state index is 13.4. The molecular formula is C14H16F2O. The number of rotatable bonds is 3. The largest absolute Gasteiger partial charge is 0.299 e. The Morgan fingerprint density at radius 1 is 1.35 bits per heavy atom. The monoisotopic (exact) mass is 238 g/mol. The van der Waals surface area contributed by atoms with Crippen molar-refractivity contribution in [1.82, 2.24) is 0 Å². The molecule has 0 spiro atoms. The third-order valence-electron chi connectivity index (χ3n) is 3.55. The predicted molar refractivity (Wildman–Crippen MR) is 61.6 cm³/mol. The quantitative estimate of drug-likeness (QED) is 0.787. The normalized spacial score (nSPS) is 23.9. The van der Waals surface area contributed by atoms with Crippen LogP contribution in [0.25, 0.3) is 0 Å². The molecule has 92 valence electrons. The van der Waals surface area contributed by atoms with E-state index >= 15 is 0 Å². The van der Waals surface area contributed by atoms with Crippen LogP contribution in [0.3, 0.4) is 0 Å². The van der Waals surface area contributed by atoms with Crippen LogP contribution in [0, 0.1) is 23.5 Å². The molecule has 1 aromatic carbocycles. The van der Waals surface area contributed by atoms with Crippen molar-refractivity contribution in [3.05, 3.63) is 35.4 Å². The van der Waals surface area contributed by atoms with Gasteiger partial charge >= 0.3 is 0 Å². The summed E-state index contributed by atoms with van der Waals surface area (Å²) in [7, 11) is 0. The van der Waals surface area contributed by atoms with Gasteiger partial charge in [-0.15, -0.1) is 0 Å². The highest BCUT2D eigenvalue weighted by molar-refractivity contribution is 5.83. The minimum Gasteiger partial charge on any atom is -0.299 e. The standard InChI is InChI=1S/C14H16F2O/c1-9-5-6-10(7-9)13(17)8-11-3-2-4-12(15)14(11)16/h2-4,9-10H,5-8H2,1H3. The second-order valence-electron chi connectivity index (χ2n) is 4.97. The number of halogens is 2. The number of hydrogen-bond donors (Lipinski definition) is 0. The molecule has 1 aliphatic rings. The van der Waals surface area contributed by atoms with Crippen LogP contribution in [0.15, 0.2) is 18.2 Å². The van der Waals surface area contributed by atoms with Gasteiger partial charge in [-0.05, 0) is 36.8 Å². The van der Waals surface area contributed by atoms with Gasteiger partial charge in [0.1, 0.15) is 5.78 Å². The smallest absolute Gasteiger partial charge is 0.162 e. The van der Waals surface area contributed by atoms with Crippen LogP contribution in [0.2, 0.25) is 0 Å². The predicted octanol–water partition coefficient (Wildman–Crippen LogP) is 3.51. The van der Waals surface area contributed by atoms with E-state index in [0.717, 1.165) is 25.3 Å². The van der Waals surface area contributed by atoms with Crippen LogP contribution in [0.5, 0.6) is 0 Å². The molecule has 1 aliphatic carbocycles. The van der Waals surface area contributed by atoms with Gasteiger partial charge in [-0.1, -0.05) is 19.1 Å². The van der Waals surface area contributed by atoms with Crippen LogP contribution >= 0.6 is 0 Å². The highest BCUT2D eigenvalue weighted by Gasteiger charge is 2.27. The summed E-state index contributed by atoms with van der Waals surface area (Å²) in [5.74, 6) is -1.12. The lowest BCUT2D eigenvalue weighted by Crippen LogP contribution is -2.15. The van der Waals surface area contributed by atoms with Gasteiger partial charge in [0.05, 0.1) is 0 Å². The summed E-state index contributed by atoms with van der Waals surface area (Å²) < 4.78 is 26.4. The van der Waals surface area contributed by atoms with E-state index in [1.54, 1.807) is 0 Å². The number of hydrogen-bond acceptors (Lipinski definition) is 1. The Bertz CT molecular complexity index is 428. The minimum atomic E-state index is -0.883.